The predicted octanol–water partition coefficient (Wildman–Crippen LogP) is -1.22. The maximum absolute atomic E-state index is 11.3. The molecular formula is C9H14N2O5. The van der Waals surface area contributed by atoms with Gasteiger partial charge in [0.15, 0.2) is 6.29 Å². The molecular weight excluding hydrogens is 216 g/mol. The number of methoxy groups -OCH3 is 1. The highest BCUT2D eigenvalue weighted by Crippen LogP contribution is 1.93. The van der Waals surface area contributed by atoms with Crippen LogP contribution in [0.4, 0.5) is 0 Å². The van der Waals surface area contributed by atoms with E-state index in [-0.39, 0.29) is 13.3 Å². The lowest BCUT2D eigenvalue weighted by molar-refractivity contribution is -0.166. The van der Waals surface area contributed by atoms with Crippen molar-refractivity contribution in [3.8, 4) is 0 Å². The maximum Gasteiger partial charge on any atom is 0.330 e. The third-order valence-corrected chi connectivity index (χ3v) is 2.00. The van der Waals surface area contributed by atoms with Crippen LogP contribution in [0.5, 0.6) is 0 Å². The van der Waals surface area contributed by atoms with Gasteiger partial charge in [0.1, 0.15) is 6.73 Å². The van der Waals surface area contributed by atoms with Gasteiger partial charge in [-0.25, -0.2) is 4.79 Å². The Labute approximate surface area is 91.2 Å². The van der Waals surface area contributed by atoms with Crippen LogP contribution in [-0.2, 0) is 16.2 Å². The molecule has 0 saturated carbocycles. The summed E-state index contributed by atoms with van der Waals surface area (Å²) in [7, 11) is 1.38. The SMILES string of the molecule is COC(CO)OCn1cc(C)c(=O)[nH]c1=O. The third kappa shape index (κ3) is 3.02. The molecule has 0 radical (unpaired) electrons. The van der Waals surface area contributed by atoms with Gasteiger partial charge in [-0.3, -0.25) is 14.3 Å². The van der Waals surface area contributed by atoms with Gasteiger partial charge in [0.05, 0.1) is 6.61 Å². The van der Waals surface area contributed by atoms with E-state index in [0.29, 0.717) is 5.56 Å². The van der Waals surface area contributed by atoms with Gasteiger partial charge in [0, 0.05) is 18.9 Å². The molecule has 1 rings (SSSR count). The minimum atomic E-state index is -0.792. The van der Waals surface area contributed by atoms with Gasteiger partial charge >= 0.3 is 5.69 Å². The number of aliphatic hydroxyl groups excluding tert-OH is 1. The highest BCUT2D eigenvalue weighted by Gasteiger charge is 2.06. The van der Waals surface area contributed by atoms with E-state index in [1.807, 2.05) is 0 Å². The molecule has 16 heavy (non-hydrogen) atoms. The monoisotopic (exact) mass is 230 g/mol. The van der Waals surface area contributed by atoms with Gasteiger partial charge in [0.2, 0.25) is 0 Å². The summed E-state index contributed by atoms with van der Waals surface area (Å²) in [6.45, 7) is 1.16. The molecule has 1 heterocycles. The molecule has 0 aliphatic carbocycles. The normalized spacial score (nSPS) is 12.7. The van der Waals surface area contributed by atoms with E-state index in [0.717, 1.165) is 0 Å². The van der Waals surface area contributed by atoms with Gasteiger partial charge in [0.25, 0.3) is 5.56 Å². The Morgan fingerprint density at radius 1 is 1.56 bits per heavy atom. The molecule has 0 aliphatic heterocycles. The maximum atomic E-state index is 11.3. The molecule has 0 fully saturated rings. The fraction of sp³-hybridized carbons (Fsp3) is 0.556. The van der Waals surface area contributed by atoms with Crippen LogP contribution in [-0.4, -0.2) is 34.7 Å². The van der Waals surface area contributed by atoms with Crippen LogP contribution in [0.3, 0.4) is 0 Å². The van der Waals surface area contributed by atoms with Crippen molar-refractivity contribution in [2.75, 3.05) is 13.7 Å². The van der Waals surface area contributed by atoms with Crippen LogP contribution in [0.25, 0.3) is 0 Å². The Morgan fingerprint density at radius 3 is 2.81 bits per heavy atom. The Hall–Kier alpha value is -1.44. The van der Waals surface area contributed by atoms with Crippen molar-refractivity contribution in [1.29, 1.82) is 0 Å². The fourth-order valence-corrected chi connectivity index (χ4v) is 1.07. The summed E-state index contributed by atoms with van der Waals surface area (Å²) >= 11 is 0. The number of hydrogen-bond donors (Lipinski definition) is 2. The number of H-pyrrole nitrogens is 1. The summed E-state index contributed by atoms with van der Waals surface area (Å²) in [5.74, 6) is 0. The van der Waals surface area contributed by atoms with Crippen molar-refractivity contribution >= 4 is 0 Å². The molecule has 0 aromatic carbocycles. The van der Waals surface area contributed by atoms with Crippen molar-refractivity contribution < 1.29 is 14.6 Å². The van der Waals surface area contributed by atoms with Crippen LogP contribution in [0.15, 0.2) is 15.8 Å². The first-order valence-corrected chi connectivity index (χ1v) is 4.64. The van der Waals surface area contributed by atoms with Crippen molar-refractivity contribution in [3.63, 3.8) is 0 Å². The predicted molar refractivity (Wildman–Crippen MR) is 55.0 cm³/mol. The second-order valence-corrected chi connectivity index (χ2v) is 3.18. The molecule has 1 aromatic heterocycles. The number of aromatic amines is 1. The number of rotatable bonds is 5. The van der Waals surface area contributed by atoms with E-state index < -0.39 is 17.5 Å². The highest BCUT2D eigenvalue weighted by atomic mass is 16.7. The van der Waals surface area contributed by atoms with Crippen LogP contribution < -0.4 is 11.2 Å². The van der Waals surface area contributed by atoms with E-state index >= 15 is 0 Å². The van der Waals surface area contributed by atoms with Crippen LogP contribution in [0.2, 0.25) is 0 Å². The van der Waals surface area contributed by atoms with E-state index in [1.165, 1.54) is 17.9 Å². The van der Waals surface area contributed by atoms with E-state index in [9.17, 15) is 9.59 Å². The number of nitrogens with zero attached hydrogens (tertiary/aromatic N) is 1. The Morgan fingerprint density at radius 2 is 2.25 bits per heavy atom. The van der Waals surface area contributed by atoms with Gasteiger partial charge in [-0.05, 0) is 6.92 Å². The average molecular weight is 230 g/mol. The fourth-order valence-electron chi connectivity index (χ4n) is 1.07. The Bertz CT molecular complexity index is 446. The summed E-state index contributed by atoms with van der Waals surface area (Å²) in [5.41, 5.74) is -0.587. The molecule has 7 heteroatoms. The zero-order valence-electron chi connectivity index (χ0n) is 9.10. The molecule has 0 bridgehead atoms. The van der Waals surface area contributed by atoms with Crippen molar-refractivity contribution in [2.45, 2.75) is 19.9 Å². The molecule has 0 saturated heterocycles. The quantitative estimate of drug-likeness (QED) is 0.619. The lowest BCUT2D eigenvalue weighted by atomic mass is 10.4. The zero-order chi connectivity index (χ0) is 12.1. The van der Waals surface area contributed by atoms with Gasteiger partial charge < -0.3 is 14.6 Å². The average Bonchev–Trinajstić information content (AvgIpc) is 2.26. The number of aliphatic hydroxyl groups is 1. The number of hydrogen-bond acceptors (Lipinski definition) is 5. The second-order valence-electron chi connectivity index (χ2n) is 3.18. The molecule has 1 atom stereocenters. The molecule has 1 aromatic rings. The summed E-state index contributed by atoms with van der Waals surface area (Å²) in [6.07, 6.45) is 0.588. The first-order chi connectivity index (χ1) is 7.58. The van der Waals surface area contributed by atoms with Gasteiger partial charge in [-0.1, -0.05) is 0 Å². The molecule has 0 aliphatic rings. The highest BCUT2D eigenvalue weighted by molar-refractivity contribution is 5.00. The number of nitrogens with one attached hydrogen (secondary N) is 1. The standard InChI is InChI=1S/C9H14N2O5/c1-6-3-11(9(14)10-8(6)13)5-16-7(4-12)15-2/h3,7,12H,4-5H2,1-2H3,(H,10,13,14). The van der Waals surface area contributed by atoms with Crippen molar-refractivity contribution in [2.24, 2.45) is 0 Å². The van der Waals surface area contributed by atoms with E-state index in [2.05, 4.69) is 4.98 Å². The van der Waals surface area contributed by atoms with Gasteiger partial charge in [-0.15, -0.1) is 0 Å². The summed E-state index contributed by atoms with van der Waals surface area (Å²) in [6, 6.07) is 0. The molecule has 1 unspecified atom stereocenters. The Kier molecular flexibility index (Phi) is 4.41. The zero-order valence-corrected chi connectivity index (χ0v) is 9.10. The Balaban J connectivity index is 2.78. The molecule has 7 nitrogen and oxygen atoms in total. The first kappa shape index (κ1) is 12.6. The first-order valence-electron chi connectivity index (χ1n) is 4.64. The number of aryl methyl sites for hydroxylation is 1. The lowest BCUT2D eigenvalue weighted by Crippen LogP contribution is -2.33. The molecule has 90 valence electrons. The van der Waals surface area contributed by atoms with E-state index in [1.54, 1.807) is 6.92 Å². The molecule has 2 N–H and O–H groups in total. The van der Waals surface area contributed by atoms with Crippen molar-refractivity contribution in [3.05, 3.63) is 32.6 Å². The number of ether oxygens (including phenoxy) is 2. The minimum absolute atomic E-state index is 0.102. The van der Waals surface area contributed by atoms with Crippen LogP contribution >= 0.6 is 0 Å². The smallest absolute Gasteiger partial charge is 0.330 e. The molecule has 0 spiro atoms. The second kappa shape index (κ2) is 5.59. The summed E-state index contributed by atoms with van der Waals surface area (Å²) in [5, 5.41) is 8.78. The van der Waals surface area contributed by atoms with Crippen LogP contribution in [0, 0.1) is 6.92 Å². The van der Waals surface area contributed by atoms with Gasteiger partial charge in [-0.2, -0.15) is 0 Å². The summed E-state index contributed by atoms with van der Waals surface area (Å²) < 4.78 is 11.0. The summed E-state index contributed by atoms with van der Waals surface area (Å²) in [4.78, 5) is 24.5. The van der Waals surface area contributed by atoms with E-state index in [4.69, 9.17) is 14.6 Å². The lowest BCUT2D eigenvalue weighted by Gasteiger charge is -2.14. The minimum Gasteiger partial charge on any atom is -0.391 e. The largest absolute Gasteiger partial charge is 0.391 e. The van der Waals surface area contributed by atoms with Crippen molar-refractivity contribution in [1.82, 2.24) is 9.55 Å². The number of aromatic nitrogens is 2. The topological polar surface area (TPSA) is 93.5 Å². The molecule has 0 amide bonds. The van der Waals surface area contributed by atoms with Crippen LogP contribution in [0.1, 0.15) is 5.56 Å². The third-order valence-electron chi connectivity index (χ3n) is 2.00.